The van der Waals surface area contributed by atoms with Crippen molar-refractivity contribution in [2.24, 2.45) is 5.41 Å². The Hall–Kier alpha value is -2.47. The number of carbonyl (C=O) groups is 1. The quantitative estimate of drug-likeness (QED) is 0.718. The number of rotatable bonds is 5. The van der Waals surface area contributed by atoms with Crippen LogP contribution in [0.4, 0.5) is 0 Å². The van der Waals surface area contributed by atoms with E-state index < -0.39 is 5.41 Å². The summed E-state index contributed by atoms with van der Waals surface area (Å²) in [6.07, 6.45) is 1.49. The van der Waals surface area contributed by atoms with Crippen LogP contribution in [0.1, 0.15) is 32.2 Å². The van der Waals surface area contributed by atoms with Gasteiger partial charge in [-0.2, -0.15) is 0 Å². The molecule has 0 unspecified atom stereocenters. The highest BCUT2D eigenvalue weighted by atomic mass is 35.5. The van der Waals surface area contributed by atoms with Crippen molar-refractivity contribution in [1.29, 1.82) is 0 Å². The van der Waals surface area contributed by atoms with Gasteiger partial charge in [0.05, 0.1) is 11.6 Å². The summed E-state index contributed by atoms with van der Waals surface area (Å²) < 4.78 is 10.5. The smallest absolute Gasteiger partial charge is 0.225 e. The number of carbonyl (C=O) groups excluding carboxylic acids is 1. The van der Waals surface area contributed by atoms with E-state index in [0.717, 1.165) is 16.6 Å². The summed E-state index contributed by atoms with van der Waals surface area (Å²) >= 11 is 6.29. The molecule has 2 heterocycles. The normalized spacial score (nSPS) is 11.7. The highest BCUT2D eigenvalue weighted by Gasteiger charge is 2.20. The molecule has 25 heavy (non-hydrogen) atoms. The molecular weight excluding hydrogens is 342 g/mol. The van der Waals surface area contributed by atoms with E-state index in [2.05, 4.69) is 15.5 Å². The van der Waals surface area contributed by atoms with Gasteiger partial charge in [0.2, 0.25) is 5.91 Å². The zero-order valence-corrected chi connectivity index (χ0v) is 15.1. The molecule has 6 nitrogen and oxygen atoms in total. The second-order valence-electron chi connectivity index (χ2n) is 6.88. The van der Waals surface area contributed by atoms with Crippen molar-refractivity contribution in [3.8, 4) is 5.75 Å². The summed E-state index contributed by atoms with van der Waals surface area (Å²) in [5.41, 5.74) is 2.06. The molecule has 1 aromatic carbocycles. The Kier molecular flexibility index (Phi) is 4.72. The molecule has 0 saturated heterocycles. The van der Waals surface area contributed by atoms with Crippen LogP contribution in [0.25, 0.3) is 10.9 Å². The number of hydrogen-bond acceptors (Lipinski definition) is 4. The molecule has 1 amide bonds. The molecule has 7 heteroatoms. The van der Waals surface area contributed by atoms with Gasteiger partial charge in [0.1, 0.15) is 24.3 Å². The fraction of sp³-hybridized carbons (Fsp3) is 0.333. The van der Waals surface area contributed by atoms with E-state index >= 15 is 0 Å². The molecule has 2 aromatic heterocycles. The Morgan fingerprint density at radius 3 is 2.84 bits per heavy atom. The fourth-order valence-electron chi connectivity index (χ4n) is 2.30. The third kappa shape index (κ3) is 4.14. The van der Waals surface area contributed by atoms with Gasteiger partial charge >= 0.3 is 0 Å². The maximum Gasteiger partial charge on any atom is 0.225 e. The minimum atomic E-state index is -0.419. The summed E-state index contributed by atoms with van der Waals surface area (Å²) in [5.74, 6) is 0.560. The molecule has 0 fully saturated rings. The van der Waals surface area contributed by atoms with E-state index in [-0.39, 0.29) is 12.5 Å². The Bertz CT molecular complexity index is 879. The summed E-state index contributed by atoms with van der Waals surface area (Å²) in [5, 5.41) is 8.19. The maximum atomic E-state index is 12.0. The molecule has 0 spiro atoms. The van der Waals surface area contributed by atoms with Crippen molar-refractivity contribution >= 4 is 28.4 Å². The Labute approximate surface area is 150 Å². The molecule has 0 atom stereocenters. The molecule has 3 aromatic rings. The second-order valence-corrected chi connectivity index (χ2v) is 7.28. The lowest BCUT2D eigenvalue weighted by Gasteiger charge is -2.17. The Morgan fingerprint density at radius 2 is 2.16 bits per heavy atom. The molecule has 0 aliphatic carbocycles. The number of benzene rings is 1. The van der Waals surface area contributed by atoms with Crippen LogP contribution in [0.3, 0.4) is 0 Å². The van der Waals surface area contributed by atoms with Crippen LogP contribution in [0, 0.1) is 5.41 Å². The van der Waals surface area contributed by atoms with Crippen molar-refractivity contribution in [3.63, 3.8) is 0 Å². The van der Waals surface area contributed by atoms with Crippen molar-refractivity contribution in [2.45, 2.75) is 33.9 Å². The highest BCUT2D eigenvalue weighted by Crippen LogP contribution is 2.31. The van der Waals surface area contributed by atoms with E-state index in [0.29, 0.717) is 23.0 Å². The van der Waals surface area contributed by atoms with Gasteiger partial charge in [-0.3, -0.25) is 4.79 Å². The van der Waals surface area contributed by atoms with Gasteiger partial charge in [-0.1, -0.05) is 37.5 Å². The van der Waals surface area contributed by atoms with Gasteiger partial charge in [0.15, 0.2) is 0 Å². The summed E-state index contributed by atoms with van der Waals surface area (Å²) in [6, 6.07) is 7.37. The Morgan fingerprint density at radius 1 is 1.36 bits per heavy atom. The highest BCUT2D eigenvalue weighted by molar-refractivity contribution is 6.32. The summed E-state index contributed by atoms with van der Waals surface area (Å²) in [6.45, 7) is 6.35. The van der Waals surface area contributed by atoms with Crippen LogP contribution in [0.2, 0.25) is 5.02 Å². The lowest BCUT2D eigenvalue weighted by Crippen LogP contribution is -2.34. The summed E-state index contributed by atoms with van der Waals surface area (Å²) in [4.78, 5) is 15.3. The van der Waals surface area contributed by atoms with Gasteiger partial charge < -0.3 is 19.6 Å². The van der Waals surface area contributed by atoms with Crippen molar-refractivity contribution in [3.05, 3.63) is 46.9 Å². The number of aromatic amines is 1. The number of nitrogens with one attached hydrogen (secondary N) is 2. The number of H-pyrrole nitrogens is 1. The van der Waals surface area contributed by atoms with E-state index in [9.17, 15) is 4.79 Å². The molecule has 0 radical (unpaired) electrons. The van der Waals surface area contributed by atoms with Crippen LogP contribution >= 0.6 is 11.6 Å². The van der Waals surface area contributed by atoms with Crippen LogP contribution < -0.4 is 10.1 Å². The molecule has 132 valence electrons. The number of aromatic nitrogens is 2. The van der Waals surface area contributed by atoms with E-state index in [1.807, 2.05) is 39.0 Å². The second kappa shape index (κ2) is 6.80. The first-order chi connectivity index (χ1) is 11.8. The van der Waals surface area contributed by atoms with Crippen molar-refractivity contribution < 1.29 is 14.1 Å². The molecule has 2 N–H and O–H groups in total. The van der Waals surface area contributed by atoms with E-state index in [1.54, 1.807) is 6.07 Å². The monoisotopic (exact) mass is 361 g/mol. The van der Waals surface area contributed by atoms with Gasteiger partial charge in [-0.05, 0) is 12.1 Å². The van der Waals surface area contributed by atoms with Crippen LogP contribution in [0.5, 0.6) is 5.75 Å². The van der Waals surface area contributed by atoms with Crippen LogP contribution in [-0.2, 0) is 17.9 Å². The lowest BCUT2D eigenvalue weighted by molar-refractivity contribution is -0.128. The molecule has 0 saturated carbocycles. The minimum absolute atomic E-state index is 0.000762. The first-order valence-corrected chi connectivity index (χ1v) is 8.32. The zero-order chi connectivity index (χ0) is 18.0. The predicted octanol–water partition coefficient (Wildman–Crippen LogP) is 4.05. The standard InChI is InChI=1S/C18H20ClN3O3/c1-18(2,3)17(23)20-9-13-6-11-7-14(19)16(8-15(11)21-13)24-10-12-4-5-25-22-12/h4-8,21H,9-10H2,1-3H3,(H,20,23). The molecular formula is C18H20ClN3O3. The average molecular weight is 362 g/mol. The molecule has 0 aliphatic heterocycles. The fourth-order valence-corrected chi connectivity index (χ4v) is 2.53. The number of fused-ring (bicyclic) bond motifs is 1. The number of hydrogen-bond donors (Lipinski definition) is 2. The Balaban J connectivity index is 1.73. The van der Waals surface area contributed by atoms with Gasteiger partial charge in [-0.15, -0.1) is 0 Å². The number of halogens is 1. The summed E-state index contributed by atoms with van der Waals surface area (Å²) in [7, 11) is 0. The lowest BCUT2D eigenvalue weighted by atomic mass is 9.96. The van der Waals surface area contributed by atoms with E-state index in [4.69, 9.17) is 20.9 Å². The van der Waals surface area contributed by atoms with Gasteiger partial charge in [0.25, 0.3) is 0 Å². The van der Waals surface area contributed by atoms with Crippen molar-refractivity contribution in [2.75, 3.05) is 0 Å². The molecule has 0 aliphatic rings. The molecule has 3 rings (SSSR count). The topological polar surface area (TPSA) is 80.2 Å². The van der Waals surface area contributed by atoms with Crippen LogP contribution in [0.15, 0.2) is 35.1 Å². The first kappa shape index (κ1) is 17.4. The number of nitrogens with zero attached hydrogens (tertiary/aromatic N) is 1. The number of amides is 1. The minimum Gasteiger partial charge on any atom is -0.486 e. The largest absolute Gasteiger partial charge is 0.486 e. The third-order valence-corrected chi connectivity index (χ3v) is 4.01. The maximum absolute atomic E-state index is 12.0. The van der Waals surface area contributed by atoms with Gasteiger partial charge in [0, 0.05) is 34.1 Å². The first-order valence-electron chi connectivity index (χ1n) is 7.94. The molecule has 0 bridgehead atoms. The third-order valence-electron chi connectivity index (χ3n) is 3.72. The van der Waals surface area contributed by atoms with E-state index in [1.165, 1.54) is 6.26 Å². The average Bonchev–Trinajstić information content (AvgIpc) is 3.18. The number of ether oxygens (including phenoxy) is 1. The van der Waals surface area contributed by atoms with Crippen molar-refractivity contribution in [1.82, 2.24) is 15.5 Å². The predicted molar refractivity (Wildman–Crippen MR) is 95.4 cm³/mol. The van der Waals surface area contributed by atoms with Crippen LogP contribution in [-0.4, -0.2) is 16.0 Å². The SMILES string of the molecule is CC(C)(C)C(=O)NCc1cc2cc(Cl)c(OCc3ccon3)cc2[nH]1. The zero-order valence-electron chi connectivity index (χ0n) is 14.4. The van der Waals surface area contributed by atoms with Gasteiger partial charge in [-0.25, -0.2) is 0 Å².